The number of non-ortho nitro benzene ring substituents is 1. The fourth-order valence-electron chi connectivity index (χ4n) is 2.71. The average Bonchev–Trinajstić information content (AvgIpc) is 3.14. The van der Waals surface area contributed by atoms with Gasteiger partial charge in [0.15, 0.2) is 6.61 Å². The Morgan fingerprint density at radius 3 is 2.76 bits per heavy atom. The lowest BCUT2D eigenvalue weighted by Gasteiger charge is -2.18. The predicted octanol–water partition coefficient (Wildman–Crippen LogP) is 1.14. The Labute approximate surface area is 171 Å². The van der Waals surface area contributed by atoms with Gasteiger partial charge < -0.3 is 10.1 Å². The molecule has 1 fully saturated rings. The van der Waals surface area contributed by atoms with Crippen LogP contribution in [0.5, 0.6) is 0 Å². The number of rotatable bonds is 9. The van der Waals surface area contributed by atoms with Gasteiger partial charge in [0, 0.05) is 30.7 Å². The summed E-state index contributed by atoms with van der Waals surface area (Å²) in [7, 11) is 0. The molecule has 156 valence electrons. The van der Waals surface area contributed by atoms with Crippen LogP contribution in [0.15, 0.2) is 24.3 Å². The van der Waals surface area contributed by atoms with E-state index in [2.05, 4.69) is 5.32 Å². The Bertz CT molecular complexity index is 814. The first-order chi connectivity index (χ1) is 13.8. The molecule has 0 aromatic heterocycles. The molecule has 1 aliphatic rings. The summed E-state index contributed by atoms with van der Waals surface area (Å²) >= 11 is 1.45. The molecule has 0 radical (unpaired) electrons. The van der Waals surface area contributed by atoms with Crippen LogP contribution in [0, 0.1) is 10.1 Å². The topological polar surface area (TPSA) is 136 Å². The Balaban J connectivity index is 2.00. The maximum absolute atomic E-state index is 12.4. The number of benzene rings is 1. The second-order valence-electron chi connectivity index (χ2n) is 6.27. The van der Waals surface area contributed by atoms with Gasteiger partial charge in [0.25, 0.3) is 17.5 Å². The largest absolute Gasteiger partial charge is 0.454 e. The van der Waals surface area contributed by atoms with Gasteiger partial charge in [-0.1, -0.05) is 6.07 Å². The highest BCUT2D eigenvalue weighted by Crippen LogP contribution is 2.14. The van der Waals surface area contributed by atoms with Crippen molar-refractivity contribution in [1.82, 2.24) is 10.2 Å². The highest BCUT2D eigenvalue weighted by atomic mass is 32.2. The normalized spacial score (nSPS) is 14.4. The number of nitro benzene ring substituents is 1. The quantitative estimate of drug-likeness (QED) is 0.355. The summed E-state index contributed by atoms with van der Waals surface area (Å²) in [5.41, 5.74) is -0.221. The van der Waals surface area contributed by atoms with Gasteiger partial charge in [0.05, 0.1) is 4.92 Å². The standard InChI is InChI=1S/C18H21N3O7S/c1-29-9-7-14(18(25)28-11-16(23)20-8-3-6-15(20)22)19-17(24)12-4-2-5-13(10-12)21(26)27/h2,4-5,10,14H,3,6-9,11H2,1H3,(H,19,24). The molecule has 29 heavy (non-hydrogen) atoms. The SMILES string of the molecule is CSCCC(NC(=O)c1cccc([N+](=O)[O-])c1)C(=O)OCC(=O)N1CCCC1=O. The average molecular weight is 423 g/mol. The van der Waals surface area contributed by atoms with Crippen LogP contribution in [-0.4, -0.2) is 64.7 Å². The summed E-state index contributed by atoms with van der Waals surface area (Å²) < 4.78 is 5.01. The number of amides is 3. The third-order valence-electron chi connectivity index (χ3n) is 4.23. The van der Waals surface area contributed by atoms with Crippen LogP contribution >= 0.6 is 11.8 Å². The number of hydrogen-bond acceptors (Lipinski definition) is 8. The summed E-state index contributed by atoms with van der Waals surface area (Å²) in [5, 5.41) is 13.4. The van der Waals surface area contributed by atoms with Crippen molar-refractivity contribution in [2.45, 2.75) is 25.3 Å². The zero-order chi connectivity index (χ0) is 21.4. The van der Waals surface area contributed by atoms with Gasteiger partial charge in [-0.15, -0.1) is 0 Å². The molecule has 1 unspecified atom stereocenters. The van der Waals surface area contributed by atoms with E-state index < -0.39 is 35.4 Å². The lowest BCUT2D eigenvalue weighted by Crippen LogP contribution is -2.44. The number of ether oxygens (including phenoxy) is 1. The number of thioether (sulfide) groups is 1. The van der Waals surface area contributed by atoms with Crippen LogP contribution in [0.1, 0.15) is 29.6 Å². The third kappa shape index (κ3) is 6.28. The summed E-state index contributed by atoms with van der Waals surface area (Å²) in [6.45, 7) is -0.290. The molecule has 0 spiro atoms. The molecule has 3 amide bonds. The lowest BCUT2D eigenvalue weighted by atomic mass is 10.1. The molecule has 0 aliphatic carbocycles. The van der Waals surface area contributed by atoms with Crippen molar-refractivity contribution in [3.8, 4) is 0 Å². The minimum absolute atomic E-state index is 0.0277. The Kier molecular flexibility index (Phi) is 8.13. The van der Waals surface area contributed by atoms with E-state index in [4.69, 9.17) is 4.74 Å². The highest BCUT2D eigenvalue weighted by molar-refractivity contribution is 7.98. The molecule has 1 aromatic rings. The van der Waals surface area contributed by atoms with E-state index in [1.807, 2.05) is 6.26 Å². The second-order valence-corrected chi connectivity index (χ2v) is 7.25. The molecule has 1 aliphatic heterocycles. The van der Waals surface area contributed by atoms with Crippen molar-refractivity contribution in [2.75, 3.05) is 25.2 Å². The van der Waals surface area contributed by atoms with Crippen LogP contribution in [-0.2, 0) is 19.1 Å². The van der Waals surface area contributed by atoms with Crippen LogP contribution < -0.4 is 5.32 Å². The van der Waals surface area contributed by atoms with Crippen molar-refractivity contribution in [1.29, 1.82) is 0 Å². The number of carbonyl (C=O) groups excluding carboxylic acids is 4. The molecule has 1 saturated heterocycles. The van der Waals surface area contributed by atoms with Gasteiger partial charge in [-0.05, 0) is 30.9 Å². The number of imide groups is 1. The van der Waals surface area contributed by atoms with Crippen LogP contribution in [0.4, 0.5) is 5.69 Å². The molecule has 1 aromatic carbocycles. The number of esters is 1. The summed E-state index contributed by atoms with van der Waals surface area (Å²) in [6, 6.07) is 4.09. The number of nitrogens with zero attached hydrogens (tertiary/aromatic N) is 2. The first-order valence-electron chi connectivity index (χ1n) is 8.87. The van der Waals surface area contributed by atoms with Crippen molar-refractivity contribution in [3.63, 3.8) is 0 Å². The first kappa shape index (κ1) is 22.3. The Morgan fingerprint density at radius 2 is 2.14 bits per heavy atom. The molecule has 1 N–H and O–H groups in total. The van der Waals surface area contributed by atoms with Crippen LogP contribution in [0.25, 0.3) is 0 Å². The van der Waals surface area contributed by atoms with Gasteiger partial charge >= 0.3 is 5.97 Å². The minimum Gasteiger partial charge on any atom is -0.454 e. The van der Waals surface area contributed by atoms with E-state index in [0.29, 0.717) is 18.7 Å². The molecule has 1 atom stereocenters. The second kappa shape index (κ2) is 10.6. The smallest absolute Gasteiger partial charge is 0.329 e. The van der Waals surface area contributed by atoms with E-state index >= 15 is 0 Å². The van der Waals surface area contributed by atoms with Crippen molar-refractivity contribution < 1.29 is 28.8 Å². The van der Waals surface area contributed by atoms with Crippen molar-refractivity contribution in [3.05, 3.63) is 39.9 Å². The van der Waals surface area contributed by atoms with Crippen molar-refractivity contribution in [2.24, 2.45) is 0 Å². The molecule has 11 heteroatoms. The van der Waals surface area contributed by atoms with Gasteiger partial charge in [-0.2, -0.15) is 11.8 Å². The summed E-state index contributed by atoms with van der Waals surface area (Å²) in [6.07, 6.45) is 2.94. The van der Waals surface area contributed by atoms with Crippen LogP contribution in [0.2, 0.25) is 0 Å². The van der Waals surface area contributed by atoms with Gasteiger partial charge in [-0.25, -0.2) is 4.79 Å². The molecule has 1 heterocycles. The summed E-state index contributed by atoms with van der Waals surface area (Å²) in [5.74, 6) is -1.85. The van der Waals surface area contributed by atoms with E-state index in [1.165, 1.54) is 30.0 Å². The van der Waals surface area contributed by atoms with E-state index in [9.17, 15) is 29.3 Å². The molecular weight excluding hydrogens is 402 g/mol. The maximum Gasteiger partial charge on any atom is 0.329 e. The zero-order valence-electron chi connectivity index (χ0n) is 15.8. The van der Waals surface area contributed by atoms with Crippen LogP contribution in [0.3, 0.4) is 0 Å². The Hall–Kier alpha value is -2.95. The Morgan fingerprint density at radius 1 is 1.38 bits per heavy atom. The van der Waals surface area contributed by atoms with Gasteiger partial charge in [0.1, 0.15) is 6.04 Å². The number of hydrogen-bond donors (Lipinski definition) is 1. The molecule has 0 saturated carbocycles. The maximum atomic E-state index is 12.4. The van der Waals surface area contributed by atoms with E-state index in [-0.39, 0.29) is 30.0 Å². The monoisotopic (exact) mass is 423 g/mol. The fourth-order valence-corrected chi connectivity index (χ4v) is 3.18. The van der Waals surface area contributed by atoms with E-state index in [1.54, 1.807) is 0 Å². The number of carbonyl (C=O) groups is 4. The third-order valence-corrected chi connectivity index (χ3v) is 4.88. The lowest BCUT2D eigenvalue weighted by molar-refractivity contribution is -0.384. The van der Waals surface area contributed by atoms with Crippen molar-refractivity contribution >= 4 is 41.1 Å². The summed E-state index contributed by atoms with van der Waals surface area (Å²) in [4.78, 5) is 59.7. The number of likely N-dealkylation sites (tertiary alicyclic amines) is 1. The number of nitrogens with one attached hydrogen (secondary N) is 1. The predicted molar refractivity (Wildman–Crippen MR) is 104 cm³/mol. The molecular formula is C18H21N3O7S. The fraction of sp³-hybridized carbons (Fsp3) is 0.444. The molecule has 10 nitrogen and oxygen atoms in total. The van der Waals surface area contributed by atoms with Gasteiger partial charge in [-0.3, -0.25) is 29.4 Å². The zero-order valence-corrected chi connectivity index (χ0v) is 16.6. The minimum atomic E-state index is -1.03. The molecule has 0 bridgehead atoms. The van der Waals surface area contributed by atoms with E-state index in [0.717, 1.165) is 11.0 Å². The van der Waals surface area contributed by atoms with Gasteiger partial charge in [0.2, 0.25) is 5.91 Å². The first-order valence-corrected chi connectivity index (χ1v) is 10.3. The molecule has 2 rings (SSSR count). The highest BCUT2D eigenvalue weighted by Gasteiger charge is 2.29. The number of nitro groups is 1.